The number of nitrogens with two attached hydrogens (primary N) is 1. The zero-order valence-electron chi connectivity index (χ0n) is 8.00. The average molecular weight is 167 g/mol. The van der Waals surface area contributed by atoms with E-state index in [4.69, 9.17) is 5.73 Å². The van der Waals surface area contributed by atoms with Gasteiger partial charge < -0.3 is 5.73 Å². The lowest BCUT2D eigenvalue weighted by Gasteiger charge is -2.17. The average Bonchev–Trinajstić information content (AvgIpc) is 1.85. The quantitative estimate of drug-likeness (QED) is 0.638. The minimum absolute atomic E-state index is 0.164. The van der Waals surface area contributed by atoms with E-state index in [1.165, 1.54) is 0 Å². The number of carbonyl (C=O) groups is 1. The normalized spacial score (nSPS) is 14.5. The highest BCUT2D eigenvalue weighted by molar-refractivity contribution is 5.79. The molecule has 0 aromatic carbocycles. The number of primary amides is 1. The van der Waals surface area contributed by atoms with Crippen molar-refractivity contribution in [1.82, 2.24) is 0 Å². The molecule has 0 aliphatic rings. The smallest absolute Gasteiger partial charge is 0.224 e. The van der Waals surface area contributed by atoms with Crippen LogP contribution in [0.3, 0.4) is 0 Å². The number of allylic oxidation sites excluding steroid dienone is 2. The third kappa shape index (κ3) is 2.91. The summed E-state index contributed by atoms with van der Waals surface area (Å²) < 4.78 is 0. The fourth-order valence-electron chi connectivity index (χ4n) is 1.37. The van der Waals surface area contributed by atoms with Crippen molar-refractivity contribution in [2.24, 2.45) is 17.6 Å². The molecule has 2 nitrogen and oxygen atoms in total. The van der Waals surface area contributed by atoms with Crippen LogP contribution in [0.15, 0.2) is 24.3 Å². The zero-order valence-corrected chi connectivity index (χ0v) is 8.00. The van der Waals surface area contributed by atoms with E-state index >= 15 is 0 Å². The lowest BCUT2D eigenvalue weighted by atomic mass is 9.88. The predicted molar refractivity (Wildman–Crippen MR) is 51.5 cm³/mol. The van der Waals surface area contributed by atoms with E-state index < -0.39 is 0 Å². The topological polar surface area (TPSA) is 43.1 Å². The van der Waals surface area contributed by atoms with Crippen molar-refractivity contribution in [3.63, 3.8) is 0 Å². The van der Waals surface area contributed by atoms with Gasteiger partial charge in [-0.25, -0.2) is 0 Å². The van der Waals surface area contributed by atoms with Gasteiger partial charge in [0.1, 0.15) is 0 Å². The Morgan fingerprint density at radius 2 is 2.00 bits per heavy atom. The summed E-state index contributed by atoms with van der Waals surface area (Å²) in [6, 6.07) is 0. The molecular formula is C10H17NO. The number of amides is 1. The van der Waals surface area contributed by atoms with Gasteiger partial charge in [-0.1, -0.05) is 38.2 Å². The Balaban J connectivity index is 4.62. The lowest BCUT2D eigenvalue weighted by Crippen LogP contribution is -2.28. The molecule has 1 atom stereocenters. The molecule has 0 aromatic heterocycles. The summed E-state index contributed by atoms with van der Waals surface area (Å²) in [5, 5.41) is 0. The van der Waals surface area contributed by atoms with Crippen LogP contribution in [0.1, 0.15) is 20.8 Å². The number of carbonyl (C=O) groups excluding carboxylic acids is 1. The molecule has 0 fully saturated rings. The van der Waals surface area contributed by atoms with Crippen molar-refractivity contribution in [3.8, 4) is 0 Å². The van der Waals surface area contributed by atoms with Crippen LogP contribution in [0.4, 0.5) is 0 Å². The Labute approximate surface area is 74.1 Å². The Morgan fingerprint density at radius 1 is 1.50 bits per heavy atom. The maximum Gasteiger partial charge on any atom is 0.224 e. The summed E-state index contributed by atoms with van der Waals surface area (Å²) >= 11 is 0. The van der Waals surface area contributed by atoms with Crippen LogP contribution in [0.25, 0.3) is 0 Å². The molecule has 0 bridgehead atoms. The predicted octanol–water partition coefficient (Wildman–Crippen LogP) is 1.88. The van der Waals surface area contributed by atoms with Crippen LogP contribution >= 0.6 is 0 Å². The molecule has 2 heteroatoms. The number of hydrogen-bond donors (Lipinski definition) is 1. The molecule has 0 spiro atoms. The molecule has 0 saturated carbocycles. The molecule has 12 heavy (non-hydrogen) atoms. The standard InChI is InChI=1S/C10H17NO/c1-5-6-8(4)9(7(2)3)10(11)12/h5-7,9H,1H2,2-4H3,(H2,11,12)/b8-6+. The maximum atomic E-state index is 11.0. The van der Waals surface area contributed by atoms with Crippen LogP contribution in [-0.2, 0) is 4.79 Å². The van der Waals surface area contributed by atoms with Crippen LogP contribution < -0.4 is 5.73 Å². The van der Waals surface area contributed by atoms with Crippen molar-refractivity contribution in [2.45, 2.75) is 20.8 Å². The molecule has 0 aromatic rings. The Morgan fingerprint density at radius 3 is 2.25 bits per heavy atom. The minimum atomic E-state index is -0.263. The number of hydrogen-bond acceptors (Lipinski definition) is 1. The Hall–Kier alpha value is -1.05. The van der Waals surface area contributed by atoms with Crippen LogP contribution in [0.5, 0.6) is 0 Å². The molecule has 68 valence electrons. The highest BCUT2D eigenvalue weighted by Gasteiger charge is 2.20. The molecule has 0 aliphatic heterocycles. The van der Waals surface area contributed by atoms with E-state index in [1.54, 1.807) is 6.08 Å². The fourth-order valence-corrected chi connectivity index (χ4v) is 1.37. The first kappa shape index (κ1) is 11.0. The second kappa shape index (κ2) is 4.75. The van der Waals surface area contributed by atoms with Gasteiger partial charge in [0, 0.05) is 0 Å². The van der Waals surface area contributed by atoms with Crippen molar-refractivity contribution >= 4 is 5.91 Å². The summed E-state index contributed by atoms with van der Waals surface area (Å²) in [6.45, 7) is 9.44. The van der Waals surface area contributed by atoms with Gasteiger partial charge in [0.05, 0.1) is 5.92 Å². The third-order valence-electron chi connectivity index (χ3n) is 1.84. The molecule has 0 heterocycles. The second-order valence-corrected chi connectivity index (χ2v) is 3.27. The molecule has 0 aliphatic carbocycles. The Kier molecular flexibility index (Phi) is 4.34. The largest absolute Gasteiger partial charge is 0.369 e. The first-order chi connectivity index (χ1) is 5.50. The fraction of sp³-hybridized carbons (Fsp3) is 0.500. The van der Waals surface area contributed by atoms with Crippen LogP contribution in [-0.4, -0.2) is 5.91 Å². The minimum Gasteiger partial charge on any atom is -0.369 e. The molecule has 0 saturated heterocycles. The molecule has 0 rings (SSSR count). The van der Waals surface area contributed by atoms with Crippen LogP contribution in [0.2, 0.25) is 0 Å². The summed E-state index contributed by atoms with van der Waals surface area (Å²) in [7, 11) is 0. The van der Waals surface area contributed by atoms with E-state index in [1.807, 2.05) is 26.8 Å². The van der Waals surface area contributed by atoms with Crippen molar-refractivity contribution < 1.29 is 4.79 Å². The van der Waals surface area contributed by atoms with E-state index in [2.05, 4.69) is 6.58 Å². The van der Waals surface area contributed by atoms with Gasteiger partial charge in [0.25, 0.3) is 0 Å². The Bertz CT molecular complexity index is 204. The van der Waals surface area contributed by atoms with Gasteiger partial charge >= 0.3 is 0 Å². The maximum absolute atomic E-state index is 11.0. The van der Waals surface area contributed by atoms with Crippen molar-refractivity contribution in [3.05, 3.63) is 24.3 Å². The third-order valence-corrected chi connectivity index (χ3v) is 1.84. The number of rotatable bonds is 4. The van der Waals surface area contributed by atoms with E-state index in [9.17, 15) is 4.79 Å². The molecule has 2 N–H and O–H groups in total. The summed E-state index contributed by atoms with van der Waals surface area (Å²) in [4.78, 5) is 11.0. The molecular weight excluding hydrogens is 150 g/mol. The zero-order chi connectivity index (χ0) is 9.72. The summed E-state index contributed by atoms with van der Waals surface area (Å²) in [5.74, 6) is -0.178. The van der Waals surface area contributed by atoms with E-state index in [0.29, 0.717) is 0 Å². The second-order valence-electron chi connectivity index (χ2n) is 3.27. The van der Waals surface area contributed by atoms with Gasteiger partial charge in [-0.3, -0.25) is 4.79 Å². The first-order valence-electron chi connectivity index (χ1n) is 4.09. The van der Waals surface area contributed by atoms with Crippen molar-refractivity contribution in [1.29, 1.82) is 0 Å². The van der Waals surface area contributed by atoms with Gasteiger partial charge in [0.2, 0.25) is 5.91 Å². The lowest BCUT2D eigenvalue weighted by molar-refractivity contribution is -0.121. The van der Waals surface area contributed by atoms with E-state index in [-0.39, 0.29) is 17.7 Å². The van der Waals surface area contributed by atoms with Crippen molar-refractivity contribution in [2.75, 3.05) is 0 Å². The van der Waals surface area contributed by atoms with Gasteiger partial charge in [-0.2, -0.15) is 0 Å². The SMILES string of the molecule is C=C/C=C(\C)C(C(N)=O)C(C)C. The highest BCUT2D eigenvalue weighted by atomic mass is 16.1. The molecule has 1 unspecified atom stereocenters. The molecule has 0 radical (unpaired) electrons. The summed E-state index contributed by atoms with van der Waals surface area (Å²) in [6.07, 6.45) is 3.50. The first-order valence-corrected chi connectivity index (χ1v) is 4.09. The highest BCUT2D eigenvalue weighted by Crippen LogP contribution is 2.19. The molecule has 1 amide bonds. The van der Waals surface area contributed by atoms with Gasteiger partial charge in [-0.05, 0) is 12.8 Å². The van der Waals surface area contributed by atoms with Crippen LogP contribution in [0, 0.1) is 11.8 Å². The van der Waals surface area contributed by atoms with Gasteiger partial charge in [0.15, 0.2) is 0 Å². The summed E-state index contributed by atoms with van der Waals surface area (Å²) in [5.41, 5.74) is 6.23. The monoisotopic (exact) mass is 167 g/mol. The van der Waals surface area contributed by atoms with Gasteiger partial charge in [-0.15, -0.1) is 0 Å². The van der Waals surface area contributed by atoms with E-state index in [0.717, 1.165) is 5.57 Å².